The Kier molecular flexibility index (Phi) is 3.05. The maximum atomic E-state index is 10.9. The van der Waals surface area contributed by atoms with Crippen LogP contribution in [0.15, 0.2) is 0 Å². The number of hydrogen-bond donors (Lipinski definition) is 0. The molecule has 0 saturated carbocycles. The Morgan fingerprint density at radius 2 is 2.33 bits per heavy atom. The first-order valence-corrected chi connectivity index (χ1v) is 3.98. The van der Waals surface area contributed by atoms with Crippen molar-refractivity contribution in [3.05, 3.63) is 0 Å². The first kappa shape index (κ1) is 9.48. The predicted molar refractivity (Wildman–Crippen MR) is 41.6 cm³/mol. The number of hydrogen-bond acceptors (Lipinski definition) is 4. The van der Waals surface area contributed by atoms with Gasteiger partial charge in [0.05, 0.1) is 20.1 Å². The normalized spacial score (nSPS) is 28.8. The van der Waals surface area contributed by atoms with E-state index in [0.29, 0.717) is 6.61 Å². The zero-order valence-corrected chi connectivity index (χ0v) is 7.46. The lowest BCUT2D eigenvalue weighted by molar-refractivity contribution is -0.204. The molecule has 0 amide bonds. The third-order valence-electron chi connectivity index (χ3n) is 2.08. The zero-order chi connectivity index (χ0) is 9.03. The van der Waals surface area contributed by atoms with Crippen molar-refractivity contribution in [3.8, 4) is 0 Å². The van der Waals surface area contributed by atoms with Gasteiger partial charge in [-0.15, -0.1) is 0 Å². The minimum Gasteiger partial charge on any atom is -0.469 e. The Morgan fingerprint density at radius 3 is 2.75 bits per heavy atom. The second kappa shape index (κ2) is 3.87. The Balaban J connectivity index is 2.49. The summed E-state index contributed by atoms with van der Waals surface area (Å²) in [6.07, 6.45) is 1.88. The molecule has 0 aromatic heterocycles. The summed E-state index contributed by atoms with van der Waals surface area (Å²) in [5, 5.41) is 0. The topological polar surface area (TPSA) is 44.8 Å². The maximum absolute atomic E-state index is 10.9. The van der Waals surface area contributed by atoms with Crippen molar-refractivity contribution < 1.29 is 19.0 Å². The molecule has 0 aromatic rings. The van der Waals surface area contributed by atoms with Gasteiger partial charge in [-0.05, 0) is 6.42 Å². The number of carbonyl (C=O) groups excluding carboxylic acids is 1. The first-order valence-electron chi connectivity index (χ1n) is 3.98. The molecular weight excluding hydrogens is 160 g/mol. The van der Waals surface area contributed by atoms with Gasteiger partial charge < -0.3 is 14.2 Å². The molecule has 1 heterocycles. The molecule has 0 bridgehead atoms. The number of rotatable bonds is 3. The molecule has 0 aromatic carbocycles. The van der Waals surface area contributed by atoms with E-state index < -0.39 is 5.79 Å². The molecule has 0 spiro atoms. The molecule has 1 fully saturated rings. The molecule has 0 N–H and O–H groups in total. The number of methoxy groups -OCH3 is 2. The van der Waals surface area contributed by atoms with Crippen LogP contribution in [-0.4, -0.2) is 32.6 Å². The molecule has 0 radical (unpaired) electrons. The fourth-order valence-corrected chi connectivity index (χ4v) is 1.34. The number of ether oxygens (including phenoxy) is 3. The highest BCUT2D eigenvalue weighted by Crippen LogP contribution is 2.29. The Labute approximate surface area is 71.8 Å². The fourth-order valence-electron chi connectivity index (χ4n) is 1.34. The molecule has 1 atom stereocenters. The zero-order valence-electron chi connectivity index (χ0n) is 7.46. The van der Waals surface area contributed by atoms with Crippen LogP contribution in [0.25, 0.3) is 0 Å². The van der Waals surface area contributed by atoms with Gasteiger partial charge in [-0.2, -0.15) is 0 Å². The average molecular weight is 174 g/mol. The highest BCUT2D eigenvalue weighted by Gasteiger charge is 2.37. The molecule has 4 heteroatoms. The van der Waals surface area contributed by atoms with Crippen LogP contribution < -0.4 is 0 Å². The average Bonchev–Trinajstić information content (AvgIpc) is 2.54. The lowest BCUT2D eigenvalue weighted by atomic mass is 10.1. The molecule has 1 rings (SSSR count). The van der Waals surface area contributed by atoms with Crippen molar-refractivity contribution in [1.29, 1.82) is 0 Å². The first-order chi connectivity index (χ1) is 5.72. The molecule has 0 aliphatic carbocycles. The molecule has 1 unspecified atom stereocenters. The van der Waals surface area contributed by atoms with Crippen LogP contribution in [0.4, 0.5) is 0 Å². The molecule has 1 aliphatic rings. The SMILES string of the molecule is COC(=O)CC1(OC)CCCO1. The molecule has 4 nitrogen and oxygen atoms in total. The van der Waals surface area contributed by atoms with E-state index in [1.165, 1.54) is 7.11 Å². The van der Waals surface area contributed by atoms with Gasteiger partial charge in [-0.3, -0.25) is 4.79 Å². The quantitative estimate of drug-likeness (QED) is 0.591. The van der Waals surface area contributed by atoms with Crippen molar-refractivity contribution in [2.24, 2.45) is 0 Å². The van der Waals surface area contributed by atoms with E-state index in [1.54, 1.807) is 7.11 Å². The van der Waals surface area contributed by atoms with Crippen LogP contribution in [0, 0.1) is 0 Å². The molecular formula is C8H14O4. The van der Waals surface area contributed by atoms with E-state index in [0.717, 1.165) is 12.8 Å². The van der Waals surface area contributed by atoms with Crippen molar-refractivity contribution in [2.45, 2.75) is 25.0 Å². The van der Waals surface area contributed by atoms with Gasteiger partial charge >= 0.3 is 5.97 Å². The monoisotopic (exact) mass is 174 g/mol. The van der Waals surface area contributed by atoms with E-state index in [-0.39, 0.29) is 12.4 Å². The summed E-state index contributed by atoms with van der Waals surface area (Å²) >= 11 is 0. The molecule has 12 heavy (non-hydrogen) atoms. The number of esters is 1. The van der Waals surface area contributed by atoms with Crippen molar-refractivity contribution >= 4 is 5.97 Å². The summed E-state index contributed by atoms with van der Waals surface area (Å²) in [6.45, 7) is 0.658. The maximum Gasteiger partial charge on any atom is 0.310 e. The largest absolute Gasteiger partial charge is 0.469 e. The van der Waals surface area contributed by atoms with E-state index in [9.17, 15) is 4.79 Å². The Bertz CT molecular complexity index is 160. The third kappa shape index (κ3) is 1.95. The van der Waals surface area contributed by atoms with Crippen LogP contribution in [0.3, 0.4) is 0 Å². The lowest BCUT2D eigenvalue weighted by Crippen LogP contribution is -2.33. The fraction of sp³-hybridized carbons (Fsp3) is 0.875. The molecule has 1 saturated heterocycles. The van der Waals surface area contributed by atoms with Gasteiger partial charge in [0.1, 0.15) is 0 Å². The van der Waals surface area contributed by atoms with E-state index in [1.807, 2.05) is 0 Å². The summed E-state index contributed by atoms with van der Waals surface area (Å²) in [5.41, 5.74) is 0. The van der Waals surface area contributed by atoms with Gasteiger partial charge in [0.15, 0.2) is 5.79 Å². The van der Waals surface area contributed by atoms with Crippen molar-refractivity contribution in [2.75, 3.05) is 20.8 Å². The van der Waals surface area contributed by atoms with Crippen LogP contribution in [0.5, 0.6) is 0 Å². The van der Waals surface area contributed by atoms with Crippen LogP contribution in [0.1, 0.15) is 19.3 Å². The number of carbonyl (C=O) groups is 1. The minimum absolute atomic E-state index is 0.181. The van der Waals surface area contributed by atoms with E-state index >= 15 is 0 Å². The summed E-state index contributed by atoms with van der Waals surface area (Å²) in [5.74, 6) is -1.01. The standard InChI is InChI=1S/C8H14O4/c1-10-7(9)6-8(11-2)4-3-5-12-8/h3-6H2,1-2H3. The second-order valence-corrected chi connectivity index (χ2v) is 2.82. The summed E-state index contributed by atoms with van der Waals surface area (Å²) in [7, 11) is 2.91. The predicted octanol–water partition coefficient (Wildman–Crippen LogP) is 0.703. The second-order valence-electron chi connectivity index (χ2n) is 2.82. The van der Waals surface area contributed by atoms with Crippen molar-refractivity contribution in [1.82, 2.24) is 0 Å². The lowest BCUT2D eigenvalue weighted by Gasteiger charge is -2.24. The van der Waals surface area contributed by atoms with E-state index in [2.05, 4.69) is 4.74 Å². The van der Waals surface area contributed by atoms with Gasteiger partial charge in [-0.1, -0.05) is 0 Å². The van der Waals surface area contributed by atoms with Gasteiger partial charge in [0, 0.05) is 13.5 Å². The van der Waals surface area contributed by atoms with Gasteiger partial charge in [0.25, 0.3) is 0 Å². The Hall–Kier alpha value is -0.610. The summed E-state index contributed by atoms with van der Waals surface area (Å²) in [4.78, 5) is 10.9. The van der Waals surface area contributed by atoms with Crippen LogP contribution in [-0.2, 0) is 19.0 Å². The van der Waals surface area contributed by atoms with Crippen molar-refractivity contribution in [3.63, 3.8) is 0 Å². The van der Waals surface area contributed by atoms with Gasteiger partial charge in [0.2, 0.25) is 0 Å². The third-order valence-corrected chi connectivity index (χ3v) is 2.08. The minimum atomic E-state index is -0.715. The highest BCUT2D eigenvalue weighted by atomic mass is 16.7. The summed E-state index contributed by atoms with van der Waals surface area (Å²) < 4.78 is 15.0. The smallest absolute Gasteiger partial charge is 0.310 e. The van der Waals surface area contributed by atoms with Crippen LogP contribution >= 0.6 is 0 Å². The summed E-state index contributed by atoms with van der Waals surface area (Å²) in [6, 6.07) is 0. The van der Waals surface area contributed by atoms with Gasteiger partial charge in [-0.25, -0.2) is 0 Å². The van der Waals surface area contributed by atoms with E-state index in [4.69, 9.17) is 9.47 Å². The Morgan fingerprint density at radius 1 is 1.58 bits per heavy atom. The highest BCUT2D eigenvalue weighted by molar-refractivity contribution is 5.70. The molecule has 1 aliphatic heterocycles. The van der Waals surface area contributed by atoms with Crippen LogP contribution in [0.2, 0.25) is 0 Å². The molecule has 70 valence electrons.